The lowest BCUT2D eigenvalue weighted by molar-refractivity contribution is 0.288. The Morgan fingerprint density at radius 3 is 2.62 bits per heavy atom. The fraction of sp³-hybridized carbons (Fsp3) is 0.571. The zero-order valence-electron chi connectivity index (χ0n) is 10.00. The minimum absolute atomic E-state index is 0.176. The zero-order chi connectivity index (χ0) is 11.4. The van der Waals surface area contributed by atoms with Gasteiger partial charge in [0.15, 0.2) is 0 Å². The van der Waals surface area contributed by atoms with Gasteiger partial charge in [0.2, 0.25) is 0 Å². The standard InChI is InChI=1S/C14H21NO/c1-14(9-3-10-15-14)13-7-5-12(6-8-13)4-2-11-16/h5-8,15-16H,2-4,9-11H2,1H3. The number of hydrogen-bond donors (Lipinski definition) is 2. The van der Waals surface area contributed by atoms with E-state index in [0.717, 1.165) is 19.4 Å². The van der Waals surface area contributed by atoms with Crippen LogP contribution in [0.15, 0.2) is 24.3 Å². The van der Waals surface area contributed by atoms with Crippen LogP contribution in [0.25, 0.3) is 0 Å². The summed E-state index contributed by atoms with van der Waals surface area (Å²) in [5.74, 6) is 0. The molecule has 1 atom stereocenters. The van der Waals surface area contributed by atoms with E-state index in [1.807, 2.05) is 0 Å². The average Bonchev–Trinajstić information content (AvgIpc) is 2.75. The largest absolute Gasteiger partial charge is 0.396 e. The quantitative estimate of drug-likeness (QED) is 0.813. The van der Waals surface area contributed by atoms with Gasteiger partial charge in [-0.25, -0.2) is 0 Å². The minimum atomic E-state index is 0.176. The van der Waals surface area contributed by atoms with Crippen molar-refractivity contribution in [3.63, 3.8) is 0 Å². The molecule has 1 saturated heterocycles. The lowest BCUT2D eigenvalue weighted by atomic mass is 9.90. The smallest absolute Gasteiger partial charge is 0.0434 e. The second-order valence-electron chi connectivity index (χ2n) is 4.89. The third-order valence-corrected chi connectivity index (χ3v) is 3.58. The molecule has 2 rings (SSSR count). The van der Waals surface area contributed by atoms with Gasteiger partial charge in [0.05, 0.1) is 0 Å². The van der Waals surface area contributed by atoms with E-state index in [0.29, 0.717) is 0 Å². The van der Waals surface area contributed by atoms with Crippen molar-refractivity contribution in [2.75, 3.05) is 13.2 Å². The fourth-order valence-electron chi connectivity index (χ4n) is 2.46. The maximum absolute atomic E-state index is 8.79. The van der Waals surface area contributed by atoms with Gasteiger partial charge in [-0.2, -0.15) is 0 Å². The van der Waals surface area contributed by atoms with Crippen molar-refractivity contribution in [2.45, 2.75) is 38.1 Å². The molecular weight excluding hydrogens is 198 g/mol. The van der Waals surface area contributed by atoms with Crippen LogP contribution in [0.5, 0.6) is 0 Å². The Hall–Kier alpha value is -0.860. The number of aliphatic hydroxyl groups excluding tert-OH is 1. The van der Waals surface area contributed by atoms with Crippen LogP contribution < -0.4 is 5.32 Å². The highest BCUT2D eigenvalue weighted by molar-refractivity contribution is 5.29. The summed E-state index contributed by atoms with van der Waals surface area (Å²) < 4.78 is 0. The molecule has 2 nitrogen and oxygen atoms in total. The SMILES string of the molecule is CC1(c2ccc(CCCO)cc2)CCCN1. The van der Waals surface area contributed by atoms with Crippen LogP contribution in [0.2, 0.25) is 0 Å². The highest BCUT2D eigenvalue weighted by Gasteiger charge is 2.29. The fourth-order valence-corrected chi connectivity index (χ4v) is 2.46. The molecule has 88 valence electrons. The highest BCUT2D eigenvalue weighted by Crippen LogP contribution is 2.30. The second kappa shape index (κ2) is 4.98. The van der Waals surface area contributed by atoms with E-state index in [4.69, 9.17) is 5.11 Å². The Morgan fingerprint density at radius 1 is 1.31 bits per heavy atom. The molecular formula is C14H21NO. The number of nitrogens with one attached hydrogen (secondary N) is 1. The van der Waals surface area contributed by atoms with E-state index in [9.17, 15) is 0 Å². The van der Waals surface area contributed by atoms with Gasteiger partial charge in [-0.3, -0.25) is 0 Å². The van der Waals surface area contributed by atoms with Crippen LogP contribution in [0.4, 0.5) is 0 Å². The maximum atomic E-state index is 8.79. The molecule has 0 aliphatic carbocycles. The molecule has 0 amide bonds. The van der Waals surface area contributed by atoms with Crippen molar-refractivity contribution in [3.8, 4) is 0 Å². The Morgan fingerprint density at radius 2 is 2.06 bits per heavy atom. The third kappa shape index (κ3) is 2.45. The Bertz CT molecular complexity index is 325. The van der Waals surface area contributed by atoms with E-state index >= 15 is 0 Å². The summed E-state index contributed by atoms with van der Waals surface area (Å²) in [7, 11) is 0. The summed E-state index contributed by atoms with van der Waals surface area (Å²) in [5.41, 5.74) is 2.88. The topological polar surface area (TPSA) is 32.3 Å². The summed E-state index contributed by atoms with van der Waals surface area (Å²) in [6.07, 6.45) is 4.32. The first-order valence-corrected chi connectivity index (χ1v) is 6.20. The monoisotopic (exact) mass is 219 g/mol. The number of benzene rings is 1. The molecule has 2 N–H and O–H groups in total. The average molecular weight is 219 g/mol. The van der Waals surface area contributed by atoms with Gasteiger partial charge in [0.1, 0.15) is 0 Å². The van der Waals surface area contributed by atoms with Gasteiger partial charge in [-0.15, -0.1) is 0 Å². The lowest BCUT2D eigenvalue weighted by Crippen LogP contribution is -2.32. The van der Waals surface area contributed by atoms with Crippen molar-refractivity contribution >= 4 is 0 Å². The molecule has 16 heavy (non-hydrogen) atoms. The molecule has 0 spiro atoms. The first-order valence-electron chi connectivity index (χ1n) is 6.20. The zero-order valence-corrected chi connectivity index (χ0v) is 10.00. The van der Waals surface area contributed by atoms with Crippen molar-refractivity contribution < 1.29 is 5.11 Å². The summed E-state index contributed by atoms with van der Waals surface area (Å²) in [5, 5.41) is 12.4. The molecule has 0 radical (unpaired) electrons. The van der Waals surface area contributed by atoms with Gasteiger partial charge in [0, 0.05) is 12.1 Å². The van der Waals surface area contributed by atoms with Crippen LogP contribution in [-0.4, -0.2) is 18.3 Å². The number of aryl methyl sites for hydroxylation is 1. The van der Waals surface area contributed by atoms with Gasteiger partial charge < -0.3 is 10.4 Å². The minimum Gasteiger partial charge on any atom is -0.396 e. The van der Waals surface area contributed by atoms with E-state index in [2.05, 4.69) is 36.5 Å². The van der Waals surface area contributed by atoms with E-state index in [1.54, 1.807) is 0 Å². The number of aliphatic hydroxyl groups is 1. The molecule has 0 aromatic heterocycles. The second-order valence-corrected chi connectivity index (χ2v) is 4.89. The summed E-state index contributed by atoms with van der Waals surface area (Å²) >= 11 is 0. The predicted molar refractivity (Wildman–Crippen MR) is 66.4 cm³/mol. The van der Waals surface area contributed by atoms with Crippen molar-refractivity contribution in [2.24, 2.45) is 0 Å². The van der Waals surface area contributed by atoms with E-state index < -0.39 is 0 Å². The van der Waals surface area contributed by atoms with Gasteiger partial charge in [0.25, 0.3) is 0 Å². The highest BCUT2D eigenvalue weighted by atomic mass is 16.2. The molecule has 1 heterocycles. The van der Waals surface area contributed by atoms with Crippen molar-refractivity contribution in [1.29, 1.82) is 0 Å². The first-order chi connectivity index (χ1) is 7.74. The van der Waals surface area contributed by atoms with Crippen LogP contribution in [0.3, 0.4) is 0 Å². The third-order valence-electron chi connectivity index (χ3n) is 3.58. The molecule has 0 bridgehead atoms. The summed E-state index contributed by atoms with van der Waals surface area (Å²) in [6, 6.07) is 8.84. The number of rotatable bonds is 4. The van der Waals surface area contributed by atoms with Gasteiger partial charge in [-0.05, 0) is 50.3 Å². The Balaban J connectivity index is 2.06. The normalized spacial score (nSPS) is 24.9. The Kier molecular flexibility index (Phi) is 3.62. The molecule has 2 heteroatoms. The predicted octanol–water partition coefficient (Wildman–Crippen LogP) is 2.21. The molecule has 1 fully saturated rings. The van der Waals surface area contributed by atoms with E-state index in [-0.39, 0.29) is 12.1 Å². The van der Waals surface area contributed by atoms with E-state index in [1.165, 1.54) is 24.0 Å². The molecule has 1 aliphatic heterocycles. The molecule has 1 aromatic carbocycles. The Labute approximate surface area is 97.7 Å². The lowest BCUT2D eigenvalue weighted by Gasteiger charge is -2.25. The van der Waals surface area contributed by atoms with Gasteiger partial charge in [-0.1, -0.05) is 24.3 Å². The molecule has 1 aliphatic rings. The maximum Gasteiger partial charge on any atom is 0.0434 e. The summed E-state index contributed by atoms with van der Waals surface area (Å²) in [4.78, 5) is 0. The van der Waals surface area contributed by atoms with Crippen LogP contribution in [0.1, 0.15) is 37.3 Å². The van der Waals surface area contributed by atoms with Crippen LogP contribution in [0, 0.1) is 0 Å². The van der Waals surface area contributed by atoms with Gasteiger partial charge >= 0.3 is 0 Å². The molecule has 0 saturated carbocycles. The summed E-state index contributed by atoms with van der Waals surface area (Å²) in [6.45, 7) is 3.69. The van der Waals surface area contributed by atoms with Crippen molar-refractivity contribution in [1.82, 2.24) is 5.32 Å². The first kappa shape index (κ1) is 11.6. The van der Waals surface area contributed by atoms with Crippen LogP contribution >= 0.6 is 0 Å². The number of hydrogen-bond acceptors (Lipinski definition) is 2. The molecule has 1 aromatic rings. The molecule has 1 unspecified atom stereocenters. The van der Waals surface area contributed by atoms with Crippen molar-refractivity contribution in [3.05, 3.63) is 35.4 Å². The van der Waals surface area contributed by atoms with Crippen LogP contribution in [-0.2, 0) is 12.0 Å².